The molecule has 0 spiro atoms. The third kappa shape index (κ3) is 2.25. The van der Waals surface area contributed by atoms with Gasteiger partial charge in [0.05, 0.1) is 11.6 Å². The van der Waals surface area contributed by atoms with E-state index in [0.29, 0.717) is 0 Å². The second-order valence-corrected chi connectivity index (χ2v) is 6.13. The van der Waals surface area contributed by atoms with Gasteiger partial charge in [-0.15, -0.1) is 0 Å². The molecule has 1 aliphatic carbocycles. The van der Waals surface area contributed by atoms with E-state index < -0.39 is 6.10 Å². The van der Waals surface area contributed by atoms with Crippen molar-refractivity contribution >= 4 is 15.9 Å². The van der Waals surface area contributed by atoms with Crippen LogP contribution in [0.5, 0.6) is 5.75 Å². The lowest BCUT2D eigenvalue weighted by Crippen LogP contribution is -2.10. The molecule has 104 valence electrons. The Hall–Kier alpha value is -1.32. The molecule has 0 fully saturated rings. The molecule has 3 heteroatoms. The van der Waals surface area contributed by atoms with Gasteiger partial charge in [-0.05, 0) is 75.6 Å². The number of aryl methyl sites for hydroxylation is 3. The second kappa shape index (κ2) is 5.23. The molecule has 1 aliphatic rings. The highest BCUT2D eigenvalue weighted by atomic mass is 79.9. The maximum Gasteiger partial charge on any atom is 0.133 e. The topological polar surface area (TPSA) is 29.5 Å². The first-order chi connectivity index (χ1) is 9.60. The molecule has 0 aliphatic heterocycles. The van der Waals surface area contributed by atoms with Gasteiger partial charge in [-0.1, -0.05) is 18.2 Å². The van der Waals surface area contributed by atoms with E-state index in [1.54, 1.807) is 7.11 Å². The third-order valence-corrected chi connectivity index (χ3v) is 4.66. The molecule has 2 aromatic carbocycles. The molecular weight excluding hydrogens is 316 g/mol. The van der Waals surface area contributed by atoms with Crippen LogP contribution in [0, 0.1) is 6.92 Å². The van der Waals surface area contributed by atoms with Gasteiger partial charge >= 0.3 is 0 Å². The third-order valence-electron chi connectivity index (χ3n) is 4.04. The molecule has 1 N–H and O–H groups in total. The van der Waals surface area contributed by atoms with Gasteiger partial charge < -0.3 is 9.84 Å². The highest BCUT2D eigenvalue weighted by Crippen LogP contribution is 2.35. The molecule has 0 saturated carbocycles. The largest absolute Gasteiger partial charge is 0.496 e. The summed E-state index contributed by atoms with van der Waals surface area (Å²) in [7, 11) is 1.65. The Labute approximate surface area is 127 Å². The number of methoxy groups -OCH3 is 1. The summed E-state index contributed by atoms with van der Waals surface area (Å²) < 4.78 is 6.15. The van der Waals surface area contributed by atoms with Crippen LogP contribution in [-0.2, 0) is 12.8 Å². The fourth-order valence-corrected chi connectivity index (χ4v) is 3.21. The number of aliphatic hydroxyl groups excluding tert-OH is 1. The highest BCUT2D eigenvalue weighted by Gasteiger charge is 2.19. The Morgan fingerprint density at radius 3 is 2.50 bits per heavy atom. The molecule has 1 atom stereocenters. The van der Waals surface area contributed by atoms with Crippen LogP contribution in [0.2, 0.25) is 0 Å². The van der Waals surface area contributed by atoms with E-state index >= 15 is 0 Å². The monoisotopic (exact) mass is 332 g/mol. The SMILES string of the molecule is COc1cc(C)c(C(O)c2ccc3c(c2)CC3)cc1Br. The number of rotatable bonds is 3. The lowest BCUT2D eigenvalue weighted by atomic mass is 9.85. The summed E-state index contributed by atoms with van der Waals surface area (Å²) in [5.41, 5.74) is 5.68. The van der Waals surface area contributed by atoms with Crippen molar-refractivity contribution in [2.75, 3.05) is 7.11 Å². The van der Waals surface area contributed by atoms with Crippen molar-refractivity contribution in [3.8, 4) is 5.75 Å². The van der Waals surface area contributed by atoms with Crippen molar-refractivity contribution in [3.63, 3.8) is 0 Å². The molecule has 2 nitrogen and oxygen atoms in total. The smallest absolute Gasteiger partial charge is 0.133 e. The summed E-state index contributed by atoms with van der Waals surface area (Å²) in [5.74, 6) is 0.788. The molecule has 0 amide bonds. The zero-order valence-corrected chi connectivity index (χ0v) is 13.2. The second-order valence-electron chi connectivity index (χ2n) is 5.27. The number of fused-ring (bicyclic) bond motifs is 1. The summed E-state index contributed by atoms with van der Waals surface area (Å²) in [6, 6.07) is 10.2. The minimum Gasteiger partial charge on any atom is -0.496 e. The van der Waals surface area contributed by atoms with Gasteiger partial charge in [0, 0.05) is 0 Å². The number of hydrogen-bond acceptors (Lipinski definition) is 2. The van der Waals surface area contributed by atoms with Crippen LogP contribution in [0.25, 0.3) is 0 Å². The standard InChI is InChI=1S/C17H17BrO2/c1-10-7-16(20-2)15(18)9-14(10)17(19)13-6-4-11-3-5-12(11)8-13/h4,6-9,17,19H,3,5H2,1-2H3. The van der Waals surface area contributed by atoms with Crippen LogP contribution in [0.1, 0.15) is 33.9 Å². The van der Waals surface area contributed by atoms with E-state index in [2.05, 4.69) is 28.1 Å². The van der Waals surface area contributed by atoms with Crippen LogP contribution >= 0.6 is 15.9 Å². The summed E-state index contributed by atoms with van der Waals surface area (Å²) in [6.45, 7) is 1.99. The lowest BCUT2D eigenvalue weighted by Gasteiger charge is -2.22. The van der Waals surface area contributed by atoms with E-state index in [0.717, 1.165) is 33.3 Å². The van der Waals surface area contributed by atoms with E-state index in [-0.39, 0.29) is 0 Å². The van der Waals surface area contributed by atoms with Gasteiger partial charge in [-0.25, -0.2) is 0 Å². The summed E-state index contributed by atoms with van der Waals surface area (Å²) in [4.78, 5) is 0. The zero-order chi connectivity index (χ0) is 14.3. The van der Waals surface area contributed by atoms with Gasteiger partial charge in [0.25, 0.3) is 0 Å². The van der Waals surface area contributed by atoms with Gasteiger partial charge in [-0.2, -0.15) is 0 Å². The van der Waals surface area contributed by atoms with Crippen LogP contribution < -0.4 is 4.74 Å². The Bertz CT molecular complexity index is 664. The number of ether oxygens (including phenoxy) is 1. The fraction of sp³-hybridized carbons (Fsp3) is 0.294. The van der Waals surface area contributed by atoms with Gasteiger partial charge in [-0.3, -0.25) is 0 Å². The molecule has 0 heterocycles. The molecule has 0 bridgehead atoms. The van der Waals surface area contributed by atoms with E-state index in [1.165, 1.54) is 17.5 Å². The first kappa shape index (κ1) is 13.7. The highest BCUT2D eigenvalue weighted by molar-refractivity contribution is 9.10. The molecule has 0 saturated heterocycles. The van der Waals surface area contributed by atoms with Crippen LogP contribution in [0.4, 0.5) is 0 Å². The first-order valence-corrected chi connectivity index (χ1v) is 7.53. The molecule has 0 radical (unpaired) electrons. The molecule has 0 aromatic heterocycles. The van der Waals surface area contributed by atoms with Crippen LogP contribution in [-0.4, -0.2) is 12.2 Å². The number of halogens is 1. The van der Waals surface area contributed by atoms with Crippen LogP contribution in [0.3, 0.4) is 0 Å². The van der Waals surface area contributed by atoms with Crippen molar-refractivity contribution in [2.24, 2.45) is 0 Å². The minimum atomic E-state index is -0.594. The number of aliphatic hydroxyl groups is 1. The molecular formula is C17H17BrO2. The predicted octanol–water partition coefficient (Wildman–Crippen LogP) is 3.95. The average molecular weight is 333 g/mol. The zero-order valence-electron chi connectivity index (χ0n) is 11.6. The van der Waals surface area contributed by atoms with Gasteiger partial charge in [0.2, 0.25) is 0 Å². The predicted molar refractivity (Wildman–Crippen MR) is 83.3 cm³/mol. The quantitative estimate of drug-likeness (QED) is 0.922. The summed E-state index contributed by atoms with van der Waals surface area (Å²) in [6.07, 6.45) is 1.70. The van der Waals surface area contributed by atoms with Crippen molar-refractivity contribution in [2.45, 2.75) is 25.9 Å². The van der Waals surface area contributed by atoms with Crippen molar-refractivity contribution in [3.05, 3.63) is 62.6 Å². The van der Waals surface area contributed by atoms with E-state index in [4.69, 9.17) is 4.74 Å². The fourth-order valence-electron chi connectivity index (χ4n) is 2.69. The Morgan fingerprint density at radius 1 is 1.15 bits per heavy atom. The number of benzene rings is 2. The maximum absolute atomic E-state index is 10.6. The average Bonchev–Trinajstić information content (AvgIpc) is 2.41. The Kier molecular flexibility index (Phi) is 3.57. The van der Waals surface area contributed by atoms with Gasteiger partial charge in [0.1, 0.15) is 11.9 Å². The lowest BCUT2D eigenvalue weighted by molar-refractivity contribution is 0.219. The molecule has 2 aromatic rings. The Balaban J connectivity index is 1.99. The van der Waals surface area contributed by atoms with E-state index in [9.17, 15) is 5.11 Å². The number of hydrogen-bond donors (Lipinski definition) is 1. The maximum atomic E-state index is 10.6. The first-order valence-electron chi connectivity index (χ1n) is 6.74. The van der Waals surface area contributed by atoms with Crippen LogP contribution in [0.15, 0.2) is 34.8 Å². The molecule has 1 unspecified atom stereocenters. The normalized spacial score (nSPS) is 14.4. The van der Waals surface area contributed by atoms with Crippen molar-refractivity contribution < 1.29 is 9.84 Å². The molecule has 20 heavy (non-hydrogen) atoms. The molecule has 3 rings (SSSR count). The Morgan fingerprint density at radius 2 is 1.90 bits per heavy atom. The van der Waals surface area contributed by atoms with E-state index in [1.807, 2.05) is 25.1 Å². The van der Waals surface area contributed by atoms with Crippen molar-refractivity contribution in [1.82, 2.24) is 0 Å². The van der Waals surface area contributed by atoms with Gasteiger partial charge in [0.15, 0.2) is 0 Å². The minimum absolute atomic E-state index is 0.594. The summed E-state index contributed by atoms with van der Waals surface area (Å²) >= 11 is 3.48. The van der Waals surface area contributed by atoms with Crippen molar-refractivity contribution in [1.29, 1.82) is 0 Å². The summed E-state index contributed by atoms with van der Waals surface area (Å²) in [5, 5.41) is 10.6.